The highest BCUT2D eigenvalue weighted by molar-refractivity contribution is 6.21. The molecule has 82 valence electrons. The normalized spacial score (nSPS) is 12.5. The van der Waals surface area contributed by atoms with Gasteiger partial charge in [0.05, 0.1) is 10.9 Å². The summed E-state index contributed by atoms with van der Waals surface area (Å²) in [6, 6.07) is 3.45. The van der Waals surface area contributed by atoms with Crippen molar-refractivity contribution in [3.05, 3.63) is 30.1 Å². The minimum absolute atomic E-state index is 0.0365. The van der Waals surface area contributed by atoms with E-state index in [-0.39, 0.29) is 11.3 Å². The first-order valence-corrected chi connectivity index (χ1v) is 5.37. The molecule has 1 heterocycles. The number of carbonyl (C=O) groups is 1. The quantitative estimate of drug-likeness (QED) is 0.799. The molecule has 0 aliphatic rings. The highest BCUT2D eigenvalue weighted by Crippen LogP contribution is 2.07. The number of amides is 1. The molecule has 4 heteroatoms. The topological polar surface area (TPSA) is 42.0 Å². The molecule has 0 aliphatic carbocycles. The predicted octanol–water partition coefficient (Wildman–Crippen LogP) is 2.07. The van der Waals surface area contributed by atoms with E-state index in [1.807, 2.05) is 13.8 Å². The number of hydrogen-bond donors (Lipinski definition) is 1. The van der Waals surface area contributed by atoms with Crippen LogP contribution in [0.15, 0.2) is 24.5 Å². The molecule has 15 heavy (non-hydrogen) atoms. The standard InChI is InChI=1S/C11H15ClN2O/c1-8(2)10(12)7-14-11(15)9-4-3-5-13-6-9/h3-6,8,10H,7H2,1-2H3,(H,14,15). The number of hydrogen-bond acceptors (Lipinski definition) is 2. The molecule has 1 aromatic rings. The fourth-order valence-corrected chi connectivity index (χ4v) is 1.10. The maximum Gasteiger partial charge on any atom is 0.252 e. The molecular formula is C11H15ClN2O. The number of rotatable bonds is 4. The molecule has 1 rings (SSSR count). The van der Waals surface area contributed by atoms with E-state index >= 15 is 0 Å². The zero-order valence-electron chi connectivity index (χ0n) is 8.90. The van der Waals surface area contributed by atoms with Gasteiger partial charge in [0.2, 0.25) is 0 Å². The van der Waals surface area contributed by atoms with Gasteiger partial charge in [-0.25, -0.2) is 0 Å². The number of carbonyl (C=O) groups excluding carboxylic acids is 1. The van der Waals surface area contributed by atoms with E-state index in [0.29, 0.717) is 18.0 Å². The average molecular weight is 227 g/mol. The number of nitrogens with one attached hydrogen (secondary N) is 1. The first-order valence-electron chi connectivity index (χ1n) is 4.93. The Morgan fingerprint density at radius 2 is 2.33 bits per heavy atom. The number of aromatic nitrogens is 1. The van der Waals surface area contributed by atoms with E-state index in [9.17, 15) is 4.79 Å². The number of nitrogens with zero attached hydrogens (tertiary/aromatic N) is 1. The SMILES string of the molecule is CC(C)C(Cl)CNC(=O)c1cccnc1. The van der Waals surface area contributed by atoms with Gasteiger partial charge < -0.3 is 5.32 Å². The lowest BCUT2D eigenvalue weighted by Crippen LogP contribution is -2.31. The molecule has 0 bridgehead atoms. The Morgan fingerprint density at radius 3 is 2.87 bits per heavy atom. The molecule has 0 saturated heterocycles. The zero-order valence-corrected chi connectivity index (χ0v) is 9.66. The van der Waals surface area contributed by atoms with Gasteiger partial charge in [0.25, 0.3) is 5.91 Å². The smallest absolute Gasteiger partial charge is 0.252 e. The van der Waals surface area contributed by atoms with Crippen molar-refractivity contribution in [3.8, 4) is 0 Å². The fourth-order valence-electron chi connectivity index (χ4n) is 1.03. The van der Waals surface area contributed by atoms with Crippen LogP contribution < -0.4 is 5.32 Å². The van der Waals surface area contributed by atoms with Crippen molar-refractivity contribution < 1.29 is 4.79 Å². The predicted molar refractivity (Wildman–Crippen MR) is 61.0 cm³/mol. The molecule has 1 N–H and O–H groups in total. The third-order valence-corrected chi connectivity index (χ3v) is 2.76. The molecule has 0 aliphatic heterocycles. The Balaban J connectivity index is 2.44. The molecule has 0 saturated carbocycles. The van der Waals surface area contributed by atoms with Crippen LogP contribution in [0.3, 0.4) is 0 Å². The number of halogens is 1. The summed E-state index contributed by atoms with van der Waals surface area (Å²) in [5.41, 5.74) is 0.560. The van der Waals surface area contributed by atoms with Crippen LogP contribution in [-0.4, -0.2) is 22.8 Å². The molecule has 1 atom stereocenters. The molecule has 1 amide bonds. The Kier molecular flexibility index (Phi) is 4.56. The van der Waals surface area contributed by atoms with E-state index < -0.39 is 0 Å². The second-order valence-electron chi connectivity index (χ2n) is 3.71. The Labute approximate surface area is 94.9 Å². The zero-order chi connectivity index (χ0) is 11.3. The van der Waals surface area contributed by atoms with Crippen molar-refractivity contribution in [1.82, 2.24) is 10.3 Å². The summed E-state index contributed by atoms with van der Waals surface area (Å²) in [7, 11) is 0. The van der Waals surface area contributed by atoms with Crippen LogP contribution in [0.25, 0.3) is 0 Å². The van der Waals surface area contributed by atoms with E-state index in [2.05, 4.69) is 10.3 Å². The highest BCUT2D eigenvalue weighted by Gasteiger charge is 2.11. The van der Waals surface area contributed by atoms with Crippen LogP contribution in [0.4, 0.5) is 0 Å². The summed E-state index contributed by atoms with van der Waals surface area (Å²) >= 11 is 6.02. The van der Waals surface area contributed by atoms with E-state index in [0.717, 1.165) is 0 Å². The van der Waals surface area contributed by atoms with E-state index in [1.54, 1.807) is 18.3 Å². The lowest BCUT2D eigenvalue weighted by molar-refractivity contribution is 0.0952. The van der Waals surface area contributed by atoms with Crippen molar-refractivity contribution >= 4 is 17.5 Å². The molecular weight excluding hydrogens is 212 g/mol. The van der Waals surface area contributed by atoms with Crippen LogP contribution in [0.2, 0.25) is 0 Å². The summed E-state index contributed by atoms with van der Waals surface area (Å²) in [4.78, 5) is 15.4. The minimum Gasteiger partial charge on any atom is -0.350 e. The summed E-state index contributed by atoms with van der Waals surface area (Å²) in [5.74, 6) is 0.218. The van der Waals surface area contributed by atoms with Gasteiger partial charge in [0.1, 0.15) is 0 Å². The first-order chi connectivity index (χ1) is 7.11. The van der Waals surface area contributed by atoms with Gasteiger partial charge in [-0.1, -0.05) is 13.8 Å². The van der Waals surface area contributed by atoms with Crippen molar-refractivity contribution in [1.29, 1.82) is 0 Å². The monoisotopic (exact) mass is 226 g/mol. The first kappa shape index (κ1) is 12.0. The van der Waals surface area contributed by atoms with Crippen LogP contribution in [0.1, 0.15) is 24.2 Å². The molecule has 0 fully saturated rings. The Morgan fingerprint density at radius 1 is 1.60 bits per heavy atom. The van der Waals surface area contributed by atoms with Crippen LogP contribution in [0, 0.1) is 5.92 Å². The van der Waals surface area contributed by atoms with Gasteiger partial charge in [0.15, 0.2) is 0 Å². The average Bonchev–Trinajstić information content (AvgIpc) is 2.26. The van der Waals surface area contributed by atoms with Gasteiger partial charge in [0, 0.05) is 18.9 Å². The van der Waals surface area contributed by atoms with E-state index in [1.165, 1.54) is 6.20 Å². The van der Waals surface area contributed by atoms with Gasteiger partial charge in [-0.05, 0) is 18.1 Å². The van der Waals surface area contributed by atoms with Crippen molar-refractivity contribution in [2.75, 3.05) is 6.54 Å². The number of alkyl halides is 1. The number of pyridine rings is 1. The molecule has 1 aromatic heterocycles. The second kappa shape index (κ2) is 5.71. The van der Waals surface area contributed by atoms with Gasteiger partial charge in [-0.15, -0.1) is 11.6 Å². The lowest BCUT2D eigenvalue weighted by Gasteiger charge is -2.13. The fraction of sp³-hybridized carbons (Fsp3) is 0.455. The van der Waals surface area contributed by atoms with Crippen molar-refractivity contribution in [2.45, 2.75) is 19.2 Å². The van der Waals surface area contributed by atoms with Crippen molar-refractivity contribution in [2.24, 2.45) is 5.92 Å². The molecule has 0 aromatic carbocycles. The Bertz CT molecular complexity index is 314. The van der Waals surface area contributed by atoms with Crippen LogP contribution >= 0.6 is 11.6 Å². The maximum absolute atomic E-state index is 11.6. The van der Waals surface area contributed by atoms with Gasteiger partial charge in [-0.3, -0.25) is 9.78 Å². The maximum atomic E-state index is 11.6. The lowest BCUT2D eigenvalue weighted by atomic mass is 10.1. The summed E-state index contributed by atoms with van der Waals surface area (Å²) in [6.45, 7) is 4.52. The van der Waals surface area contributed by atoms with E-state index in [4.69, 9.17) is 11.6 Å². The molecule has 0 spiro atoms. The molecule has 3 nitrogen and oxygen atoms in total. The van der Waals surface area contributed by atoms with Gasteiger partial charge >= 0.3 is 0 Å². The highest BCUT2D eigenvalue weighted by atomic mass is 35.5. The van der Waals surface area contributed by atoms with Crippen molar-refractivity contribution in [3.63, 3.8) is 0 Å². The second-order valence-corrected chi connectivity index (χ2v) is 4.27. The molecule has 1 unspecified atom stereocenters. The summed E-state index contributed by atoms with van der Waals surface area (Å²) < 4.78 is 0. The molecule has 0 radical (unpaired) electrons. The van der Waals surface area contributed by atoms with Crippen LogP contribution in [0.5, 0.6) is 0 Å². The summed E-state index contributed by atoms with van der Waals surface area (Å²) in [5, 5.41) is 2.73. The third kappa shape index (κ3) is 3.88. The minimum atomic E-state index is -0.130. The third-order valence-electron chi connectivity index (χ3n) is 2.10. The Hall–Kier alpha value is -1.09. The summed E-state index contributed by atoms with van der Waals surface area (Å²) in [6.07, 6.45) is 3.17. The van der Waals surface area contributed by atoms with Crippen LogP contribution in [-0.2, 0) is 0 Å². The largest absolute Gasteiger partial charge is 0.350 e. The van der Waals surface area contributed by atoms with Gasteiger partial charge in [-0.2, -0.15) is 0 Å².